The fraction of sp³-hybridized carbons (Fsp3) is 0.125. The van der Waals surface area contributed by atoms with Crippen molar-refractivity contribution in [2.24, 2.45) is 15.4 Å². The van der Waals surface area contributed by atoms with Gasteiger partial charge in [-0.3, -0.25) is 0 Å². The molecule has 1 heterocycles. The molecule has 4 heteroatoms. The van der Waals surface area contributed by atoms with Crippen LogP contribution in [0.15, 0.2) is 39.7 Å². The molecule has 0 amide bonds. The van der Waals surface area contributed by atoms with Gasteiger partial charge in [-0.15, -0.1) is 5.11 Å². The van der Waals surface area contributed by atoms with E-state index in [-0.39, 0.29) is 5.90 Å². The molecule has 1 N–H and O–H groups in total. The largest absolute Gasteiger partial charge is 0.495 e. The second-order valence-corrected chi connectivity index (χ2v) is 2.51. The van der Waals surface area contributed by atoms with Crippen LogP contribution in [0.1, 0.15) is 5.56 Å². The molecule has 0 saturated carbocycles. The van der Waals surface area contributed by atoms with Crippen LogP contribution in [0.25, 0.3) is 0 Å². The van der Waals surface area contributed by atoms with E-state index in [0.717, 1.165) is 11.3 Å². The monoisotopic (exact) mass is 161 g/mol. The number of aliphatic hydroxyl groups excluding tert-OH is 1. The molecular weight excluding hydrogens is 154 g/mol. The molecule has 0 unspecified atom stereocenters. The number of benzene rings is 1. The lowest BCUT2D eigenvalue weighted by Gasteiger charge is -1.98. The van der Waals surface area contributed by atoms with Gasteiger partial charge in [0.05, 0.1) is 12.1 Å². The quantitative estimate of drug-likeness (QED) is 0.623. The molecule has 0 aliphatic carbocycles. The van der Waals surface area contributed by atoms with Gasteiger partial charge in [0.25, 0.3) is 0 Å². The lowest BCUT2D eigenvalue weighted by Crippen LogP contribution is -1.99. The highest BCUT2D eigenvalue weighted by Gasteiger charge is 2.06. The van der Waals surface area contributed by atoms with Crippen LogP contribution in [0.3, 0.4) is 0 Å². The number of aliphatic hydroxyl groups is 1. The van der Waals surface area contributed by atoms with E-state index in [9.17, 15) is 0 Å². The van der Waals surface area contributed by atoms with Crippen molar-refractivity contribution in [3.63, 3.8) is 0 Å². The van der Waals surface area contributed by atoms with Crippen molar-refractivity contribution in [2.75, 3.05) is 0 Å². The third kappa shape index (κ3) is 1.18. The van der Waals surface area contributed by atoms with Crippen LogP contribution in [0, 0.1) is 0 Å². The van der Waals surface area contributed by atoms with E-state index in [2.05, 4.69) is 15.4 Å². The van der Waals surface area contributed by atoms with Crippen LogP contribution < -0.4 is 0 Å². The predicted molar refractivity (Wildman–Crippen MR) is 44.7 cm³/mol. The first-order chi connectivity index (χ1) is 5.86. The SMILES string of the molecule is OC1=NN=Nc2ccccc2C1. The topological polar surface area (TPSA) is 57.3 Å². The molecule has 0 fully saturated rings. The highest BCUT2D eigenvalue weighted by molar-refractivity contribution is 5.78. The highest BCUT2D eigenvalue weighted by atomic mass is 16.3. The molecule has 1 aliphatic heterocycles. The van der Waals surface area contributed by atoms with E-state index >= 15 is 0 Å². The van der Waals surface area contributed by atoms with Gasteiger partial charge < -0.3 is 5.11 Å². The normalized spacial score (nSPS) is 14.8. The predicted octanol–water partition coefficient (Wildman–Crippen LogP) is 2.20. The van der Waals surface area contributed by atoms with Gasteiger partial charge in [0.2, 0.25) is 5.90 Å². The fourth-order valence-electron chi connectivity index (χ4n) is 1.09. The Kier molecular flexibility index (Phi) is 1.59. The zero-order valence-electron chi connectivity index (χ0n) is 6.31. The van der Waals surface area contributed by atoms with E-state index in [4.69, 9.17) is 5.11 Å². The van der Waals surface area contributed by atoms with Gasteiger partial charge in [0.15, 0.2) is 0 Å². The molecular formula is C8H7N3O. The Hall–Kier alpha value is -1.71. The average Bonchev–Trinajstić information content (AvgIpc) is 2.25. The Bertz CT molecular complexity index is 357. The summed E-state index contributed by atoms with van der Waals surface area (Å²) >= 11 is 0. The van der Waals surface area contributed by atoms with Crippen molar-refractivity contribution in [2.45, 2.75) is 6.42 Å². The summed E-state index contributed by atoms with van der Waals surface area (Å²) < 4.78 is 0. The van der Waals surface area contributed by atoms with Crippen LogP contribution >= 0.6 is 0 Å². The number of hydrogen-bond acceptors (Lipinski definition) is 3. The number of fused-ring (bicyclic) bond motifs is 1. The first-order valence-corrected chi connectivity index (χ1v) is 3.61. The summed E-state index contributed by atoms with van der Waals surface area (Å²) in [4.78, 5) is 0. The Morgan fingerprint density at radius 2 is 2.08 bits per heavy atom. The standard InChI is InChI=1S/C8H7N3O/c12-8-5-6-3-1-2-4-7(6)9-11-10-8/h1-4H,5H2,(H,9,10,12). The third-order valence-corrected chi connectivity index (χ3v) is 1.65. The Morgan fingerprint density at radius 1 is 1.25 bits per heavy atom. The van der Waals surface area contributed by atoms with Gasteiger partial charge in [-0.2, -0.15) is 0 Å². The molecule has 0 bridgehead atoms. The van der Waals surface area contributed by atoms with Gasteiger partial charge in [0, 0.05) is 0 Å². The van der Waals surface area contributed by atoms with Crippen molar-refractivity contribution >= 4 is 11.6 Å². The minimum Gasteiger partial charge on any atom is -0.495 e. The molecule has 60 valence electrons. The Labute approximate surface area is 69.3 Å². The molecule has 1 aromatic carbocycles. The summed E-state index contributed by atoms with van der Waals surface area (Å²) in [5.74, 6) is 0.00343. The van der Waals surface area contributed by atoms with Gasteiger partial charge in [-0.1, -0.05) is 23.3 Å². The first kappa shape index (κ1) is 6.97. The van der Waals surface area contributed by atoms with Crippen LogP contribution in [0.4, 0.5) is 5.69 Å². The maximum absolute atomic E-state index is 9.13. The summed E-state index contributed by atoms with van der Waals surface area (Å²) in [6.07, 6.45) is 0.406. The minimum absolute atomic E-state index is 0.00343. The second kappa shape index (κ2) is 2.73. The zero-order chi connectivity index (χ0) is 8.39. The van der Waals surface area contributed by atoms with Crippen LogP contribution in [-0.2, 0) is 6.42 Å². The maximum atomic E-state index is 9.13. The third-order valence-electron chi connectivity index (χ3n) is 1.65. The van der Waals surface area contributed by atoms with Crippen LogP contribution in [0.2, 0.25) is 0 Å². The molecule has 1 aliphatic rings. The van der Waals surface area contributed by atoms with Crippen molar-refractivity contribution in [1.29, 1.82) is 0 Å². The van der Waals surface area contributed by atoms with Crippen molar-refractivity contribution in [1.82, 2.24) is 0 Å². The Morgan fingerprint density at radius 3 is 3.00 bits per heavy atom. The molecule has 0 spiro atoms. The molecule has 12 heavy (non-hydrogen) atoms. The molecule has 4 nitrogen and oxygen atoms in total. The van der Waals surface area contributed by atoms with Gasteiger partial charge in [-0.05, 0) is 16.9 Å². The van der Waals surface area contributed by atoms with E-state index in [0.29, 0.717) is 6.42 Å². The summed E-state index contributed by atoms with van der Waals surface area (Å²) in [6.45, 7) is 0. The molecule has 1 aromatic rings. The van der Waals surface area contributed by atoms with E-state index in [1.165, 1.54) is 0 Å². The summed E-state index contributed by atoms with van der Waals surface area (Å²) in [7, 11) is 0. The first-order valence-electron chi connectivity index (χ1n) is 3.61. The second-order valence-electron chi connectivity index (χ2n) is 2.51. The van der Waals surface area contributed by atoms with E-state index < -0.39 is 0 Å². The van der Waals surface area contributed by atoms with Crippen molar-refractivity contribution in [3.8, 4) is 0 Å². The van der Waals surface area contributed by atoms with E-state index in [1.54, 1.807) is 0 Å². The number of nitrogens with zero attached hydrogens (tertiary/aromatic N) is 3. The van der Waals surface area contributed by atoms with Gasteiger partial charge in [0.1, 0.15) is 0 Å². The summed E-state index contributed by atoms with van der Waals surface area (Å²) in [5, 5.41) is 19.9. The fourth-order valence-corrected chi connectivity index (χ4v) is 1.09. The summed E-state index contributed by atoms with van der Waals surface area (Å²) in [5.41, 5.74) is 1.71. The zero-order valence-corrected chi connectivity index (χ0v) is 6.31. The smallest absolute Gasteiger partial charge is 0.212 e. The van der Waals surface area contributed by atoms with Gasteiger partial charge >= 0.3 is 0 Å². The maximum Gasteiger partial charge on any atom is 0.212 e. The Balaban J connectivity index is 2.49. The molecule has 2 rings (SSSR count). The van der Waals surface area contributed by atoms with Crippen molar-refractivity contribution in [3.05, 3.63) is 29.8 Å². The average molecular weight is 161 g/mol. The molecule has 0 saturated heterocycles. The van der Waals surface area contributed by atoms with Crippen LogP contribution in [-0.4, -0.2) is 11.0 Å². The van der Waals surface area contributed by atoms with Gasteiger partial charge in [-0.25, -0.2) is 0 Å². The highest BCUT2D eigenvalue weighted by Crippen LogP contribution is 2.21. The number of hydrogen-bond donors (Lipinski definition) is 1. The molecule has 0 radical (unpaired) electrons. The molecule has 0 atom stereocenters. The summed E-state index contributed by atoms with van der Waals surface area (Å²) in [6, 6.07) is 7.51. The lowest BCUT2D eigenvalue weighted by atomic mass is 10.1. The van der Waals surface area contributed by atoms with Crippen LogP contribution in [0.5, 0.6) is 0 Å². The lowest BCUT2D eigenvalue weighted by molar-refractivity contribution is 0.534. The molecule has 0 aromatic heterocycles. The number of rotatable bonds is 0. The minimum atomic E-state index is 0.00343. The van der Waals surface area contributed by atoms with E-state index in [1.807, 2.05) is 24.3 Å². The van der Waals surface area contributed by atoms with Crippen molar-refractivity contribution < 1.29 is 5.11 Å².